The van der Waals surface area contributed by atoms with Crippen LogP contribution in [0.1, 0.15) is 84.5 Å². The fraction of sp³-hybridized carbons (Fsp3) is 0.400. The van der Waals surface area contributed by atoms with Gasteiger partial charge in [-0.2, -0.15) is 13.2 Å². The largest absolute Gasteiger partial charge is 0.485 e. The number of alkyl halides is 3. The van der Waals surface area contributed by atoms with E-state index in [0.717, 1.165) is 48.3 Å². The van der Waals surface area contributed by atoms with E-state index >= 15 is 0 Å². The van der Waals surface area contributed by atoms with Gasteiger partial charge >= 0.3 is 12.1 Å². The molecule has 39 heavy (non-hydrogen) atoms. The van der Waals surface area contributed by atoms with Crippen LogP contribution in [-0.2, 0) is 11.0 Å². The van der Waals surface area contributed by atoms with Crippen molar-refractivity contribution in [2.24, 2.45) is 0 Å². The minimum atomic E-state index is -4.37. The number of aliphatic carboxylic acids is 1. The molecule has 1 heterocycles. The molecule has 0 aliphatic carbocycles. The predicted octanol–water partition coefficient (Wildman–Crippen LogP) is 8.51. The molecule has 0 spiro atoms. The molecule has 5 nitrogen and oxygen atoms in total. The molecule has 0 aliphatic rings. The summed E-state index contributed by atoms with van der Waals surface area (Å²) < 4.78 is 45.0. The Morgan fingerprint density at radius 2 is 1.51 bits per heavy atom. The summed E-state index contributed by atoms with van der Waals surface area (Å²) in [5.74, 6) is -0.659. The Hall–Kier alpha value is -3.33. The SMILES string of the molecule is CCCCCCCCC(Oc1ccc(-c2ccc(C(F)(F)F)cc2)cc1)c1ccc(C(=O)NCCC(=O)O)s1. The summed E-state index contributed by atoms with van der Waals surface area (Å²) in [4.78, 5) is 24.5. The van der Waals surface area contributed by atoms with E-state index in [1.165, 1.54) is 42.7 Å². The fourth-order valence-corrected chi connectivity index (χ4v) is 5.12. The zero-order valence-corrected chi connectivity index (χ0v) is 22.7. The molecule has 2 N–H and O–H groups in total. The number of rotatable bonds is 15. The normalized spacial score (nSPS) is 12.2. The average Bonchev–Trinajstić information content (AvgIpc) is 3.40. The Kier molecular flexibility index (Phi) is 11.4. The van der Waals surface area contributed by atoms with E-state index in [4.69, 9.17) is 9.84 Å². The van der Waals surface area contributed by atoms with Crippen molar-refractivity contribution < 1.29 is 32.6 Å². The van der Waals surface area contributed by atoms with Crippen molar-refractivity contribution >= 4 is 23.2 Å². The second kappa shape index (κ2) is 14.7. The summed E-state index contributed by atoms with van der Waals surface area (Å²) in [6.07, 6.45) is 2.80. The number of benzene rings is 2. The molecule has 0 fully saturated rings. The number of nitrogens with one attached hydrogen (secondary N) is 1. The number of hydrogen-bond acceptors (Lipinski definition) is 4. The van der Waals surface area contributed by atoms with Gasteiger partial charge in [0, 0.05) is 11.4 Å². The lowest BCUT2D eigenvalue weighted by atomic mass is 10.0. The van der Waals surface area contributed by atoms with Crippen LogP contribution in [0, 0.1) is 0 Å². The van der Waals surface area contributed by atoms with Gasteiger partial charge in [0.05, 0.1) is 16.9 Å². The second-order valence-corrected chi connectivity index (χ2v) is 10.5. The van der Waals surface area contributed by atoms with E-state index in [1.807, 2.05) is 18.2 Å². The molecule has 0 saturated carbocycles. The summed E-state index contributed by atoms with van der Waals surface area (Å²) in [7, 11) is 0. The third-order valence-electron chi connectivity index (χ3n) is 6.29. The van der Waals surface area contributed by atoms with Gasteiger partial charge in [0.25, 0.3) is 5.91 Å². The van der Waals surface area contributed by atoms with Crippen LogP contribution in [0.2, 0.25) is 0 Å². The first-order chi connectivity index (χ1) is 18.7. The predicted molar refractivity (Wildman–Crippen MR) is 147 cm³/mol. The van der Waals surface area contributed by atoms with Crippen molar-refractivity contribution in [1.29, 1.82) is 0 Å². The lowest BCUT2D eigenvalue weighted by molar-refractivity contribution is -0.138. The molecule has 1 unspecified atom stereocenters. The quantitative estimate of drug-likeness (QED) is 0.182. The van der Waals surface area contributed by atoms with E-state index < -0.39 is 17.7 Å². The van der Waals surface area contributed by atoms with E-state index in [2.05, 4.69) is 12.2 Å². The van der Waals surface area contributed by atoms with Crippen LogP contribution < -0.4 is 10.1 Å². The molecular weight excluding hydrogens is 527 g/mol. The van der Waals surface area contributed by atoms with E-state index in [0.29, 0.717) is 16.2 Å². The van der Waals surface area contributed by atoms with Gasteiger partial charge in [-0.3, -0.25) is 9.59 Å². The van der Waals surface area contributed by atoms with Crippen LogP contribution in [0.4, 0.5) is 13.2 Å². The number of unbranched alkanes of at least 4 members (excludes halogenated alkanes) is 5. The zero-order valence-electron chi connectivity index (χ0n) is 21.9. The smallest absolute Gasteiger partial charge is 0.416 e. The van der Waals surface area contributed by atoms with Gasteiger partial charge in [0.2, 0.25) is 0 Å². The lowest BCUT2D eigenvalue weighted by Crippen LogP contribution is -2.25. The average molecular weight is 562 g/mol. The molecule has 3 aromatic rings. The molecule has 0 saturated heterocycles. The number of amides is 1. The summed E-state index contributed by atoms with van der Waals surface area (Å²) >= 11 is 1.33. The maximum Gasteiger partial charge on any atom is 0.416 e. The molecular formula is C30H34F3NO4S. The van der Waals surface area contributed by atoms with Gasteiger partial charge in [-0.15, -0.1) is 11.3 Å². The number of carbonyl (C=O) groups is 2. The maximum atomic E-state index is 12.9. The van der Waals surface area contributed by atoms with Crippen molar-refractivity contribution in [2.45, 2.75) is 70.6 Å². The highest BCUT2D eigenvalue weighted by atomic mass is 32.1. The van der Waals surface area contributed by atoms with Crippen molar-refractivity contribution in [3.63, 3.8) is 0 Å². The highest BCUT2D eigenvalue weighted by Gasteiger charge is 2.30. The van der Waals surface area contributed by atoms with Crippen molar-refractivity contribution in [2.75, 3.05) is 6.54 Å². The minimum absolute atomic E-state index is 0.0599. The Balaban J connectivity index is 1.69. The van der Waals surface area contributed by atoms with Crippen LogP contribution in [0.15, 0.2) is 60.7 Å². The molecule has 9 heteroatoms. The third-order valence-corrected chi connectivity index (χ3v) is 7.47. The molecule has 3 rings (SSSR count). The van der Waals surface area contributed by atoms with E-state index in [-0.39, 0.29) is 25.0 Å². The molecule has 210 valence electrons. The Morgan fingerprint density at radius 1 is 0.897 bits per heavy atom. The zero-order chi connectivity index (χ0) is 28.3. The van der Waals surface area contributed by atoms with Crippen LogP contribution >= 0.6 is 11.3 Å². The molecule has 1 amide bonds. The van der Waals surface area contributed by atoms with Gasteiger partial charge in [0.1, 0.15) is 11.9 Å². The van der Waals surface area contributed by atoms with Crippen molar-refractivity contribution in [1.82, 2.24) is 5.32 Å². The molecule has 0 bridgehead atoms. The number of halogens is 3. The topological polar surface area (TPSA) is 75.6 Å². The van der Waals surface area contributed by atoms with Crippen LogP contribution in [0.3, 0.4) is 0 Å². The molecule has 1 atom stereocenters. The van der Waals surface area contributed by atoms with Crippen molar-refractivity contribution in [3.8, 4) is 16.9 Å². The summed E-state index contributed by atoms with van der Waals surface area (Å²) in [5, 5.41) is 11.4. The van der Waals surface area contributed by atoms with Crippen LogP contribution in [0.25, 0.3) is 11.1 Å². The standard InChI is InChI=1S/C30H34F3NO4S/c1-2-3-4-5-6-7-8-25(26-17-18-27(39-26)29(37)34-20-19-28(35)36)38-24-15-11-22(12-16-24)21-9-13-23(14-10-21)30(31,32)33/h9-18,25H,2-8,19-20H2,1H3,(H,34,37)(H,35,36). The second-order valence-electron chi connectivity index (χ2n) is 9.36. The highest BCUT2D eigenvalue weighted by Crippen LogP contribution is 2.34. The number of thiophene rings is 1. The van der Waals surface area contributed by atoms with Crippen molar-refractivity contribution in [3.05, 3.63) is 76.0 Å². The van der Waals surface area contributed by atoms with Gasteiger partial charge in [-0.1, -0.05) is 63.3 Å². The number of carbonyl (C=O) groups excluding carboxylic acids is 1. The fourth-order valence-electron chi connectivity index (χ4n) is 4.13. The van der Waals surface area contributed by atoms with Gasteiger partial charge in [-0.25, -0.2) is 0 Å². The minimum Gasteiger partial charge on any atom is -0.485 e. The maximum absolute atomic E-state index is 12.9. The summed E-state index contributed by atoms with van der Waals surface area (Å²) in [6, 6.07) is 15.9. The number of carboxylic acid groups (broad SMARTS) is 1. The molecule has 1 aromatic heterocycles. The first-order valence-corrected chi connectivity index (χ1v) is 14.0. The van der Waals surface area contributed by atoms with Gasteiger partial charge in [0.15, 0.2) is 0 Å². The summed E-state index contributed by atoms with van der Waals surface area (Å²) in [6.45, 7) is 2.24. The van der Waals surface area contributed by atoms with Crippen LogP contribution in [0.5, 0.6) is 5.75 Å². The molecule has 2 aromatic carbocycles. The lowest BCUT2D eigenvalue weighted by Gasteiger charge is -2.18. The van der Waals surface area contributed by atoms with E-state index in [1.54, 1.807) is 18.2 Å². The Labute approximate surface area is 231 Å². The summed E-state index contributed by atoms with van der Waals surface area (Å²) in [5.41, 5.74) is 0.768. The Morgan fingerprint density at radius 3 is 2.13 bits per heavy atom. The van der Waals surface area contributed by atoms with E-state index in [9.17, 15) is 22.8 Å². The first-order valence-electron chi connectivity index (χ1n) is 13.2. The Bertz CT molecular complexity index is 1190. The number of hydrogen-bond donors (Lipinski definition) is 2. The molecule has 0 aliphatic heterocycles. The molecule has 0 radical (unpaired) electrons. The third kappa shape index (κ3) is 9.73. The van der Waals surface area contributed by atoms with Crippen LogP contribution in [-0.4, -0.2) is 23.5 Å². The first kappa shape index (κ1) is 30.2. The van der Waals surface area contributed by atoms with Gasteiger partial charge in [-0.05, 0) is 60.4 Å². The van der Waals surface area contributed by atoms with Gasteiger partial charge < -0.3 is 15.2 Å². The number of carboxylic acids is 1. The number of ether oxygens (including phenoxy) is 1. The monoisotopic (exact) mass is 561 g/mol. The highest BCUT2D eigenvalue weighted by molar-refractivity contribution is 7.14.